The molecule has 6 aromatic rings. The predicted molar refractivity (Wildman–Crippen MR) is 186 cm³/mol. The fourth-order valence-electron chi connectivity index (χ4n) is 4.83. The van der Waals surface area contributed by atoms with E-state index in [9.17, 15) is 43.2 Å². The molecule has 272 valence electrons. The Bertz CT molecular complexity index is 2260. The summed E-state index contributed by atoms with van der Waals surface area (Å²) in [6.45, 7) is 3.73. The molecule has 19 heteroatoms. The molecule has 2 aromatic heterocycles. The van der Waals surface area contributed by atoms with Gasteiger partial charge in [-0.3, -0.25) is 0 Å². The van der Waals surface area contributed by atoms with Gasteiger partial charge in [-0.05, 0) is 74.5 Å². The summed E-state index contributed by atoms with van der Waals surface area (Å²) in [4.78, 5) is -0.498. The maximum absolute atomic E-state index is 13.1. The molecule has 2 heterocycles. The Balaban J connectivity index is 0.000000232. The van der Waals surface area contributed by atoms with E-state index in [1.807, 2.05) is 13.8 Å². The number of nitrogens with zero attached hydrogens (tertiary/aromatic N) is 4. The number of hydrogen-bond donors (Lipinski definition) is 0. The van der Waals surface area contributed by atoms with Gasteiger partial charge in [-0.25, -0.2) is 26.2 Å². The summed E-state index contributed by atoms with van der Waals surface area (Å²) < 4.78 is 126. The zero-order chi connectivity index (χ0) is 38.2. The quantitative estimate of drug-likeness (QED) is 0.121. The Morgan fingerprint density at radius 1 is 0.509 bits per heavy atom. The smallest absolute Gasteiger partial charge is 0.560 e. The first-order valence-corrected chi connectivity index (χ1v) is 17.8. The minimum Gasteiger partial charge on any atom is -0.560 e. The zero-order valence-electron chi connectivity index (χ0n) is 27.6. The third kappa shape index (κ3) is 10.1. The molecular weight excluding hydrogens is 775 g/mol. The third-order valence-electron chi connectivity index (χ3n) is 7.48. The van der Waals surface area contributed by atoms with Crippen molar-refractivity contribution in [3.8, 4) is 33.9 Å². The van der Waals surface area contributed by atoms with Crippen LogP contribution in [-0.4, -0.2) is 74.1 Å². The van der Waals surface area contributed by atoms with Crippen LogP contribution in [0.5, 0.6) is 0 Å². The first kappa shape index (κ1) is 41.7. The second-order valence-electron chi connectivity index (χ2n) is 11.4. The molecule has 0 atom stereocenters. The SMILES string of the molecule is Cc1ccc(-c2cc(C(F)(F)F)nn2-c2ccc(S([NH-])(=O)=O)cc2)cc1.Cc1ccc(-c2cc(C(F)(F)F)nn2-c2ccc(S([NH-])(=O)=O)cc2)cc1.[Ca+2]. The number of nitrogens with one attached hydrogen (secondary N) is 2. The van der Waals surface area contributed by atoms with Crippen LogP contribution in [0, 0.1) is 13.8 Å². The molecule has 0 aliphatic heterocycles. The van der Waals surface area contributed by atoms with Gasteiger partial charge in [0.15, 0.2) is 11.4 Å². The average molecular weight is 801 g/mol. The average Bonchev–Trinajstić information content (AvgIpc) is 3.72. The number of halogens is 6. The minimum atomic E-state index is -4.62. The van der Waals surface area contributed by atoms with E-state index >= 15 is 0 Å². The van der Waals surface area contributed by atoms with E-state index in [1.54, 1.807) is 48.5 Å². The number of aryl methyl sites for hydroxylation is 2. The van der Waals surface area contributed by atoms with Gasteiger partial charge in [-0.15, -0.1) is 0 Å². The molecule has 0 fully saturated rings. The number of benzene rings is 4. The molecule has 0 spiro atoms. The predicted octanol–water partition coefficient (Wildman–Crippen LogP) is 8.83. The van der Waals surface area contributed by atoms with Crippen LogP contribution in [0.3, 0.4) is 0 Å². The van der Waals surface area contributed by atoms with Crippen LogP contribution in [0.25, 0.3) is 44.2 Å². The van der Waals surface area contributed by atoms with Gasteiger partial charge in [-0.1, -0.05) is 59.7 Å². The Hall–Kier alpha value is -4.04. The molecule has 6 rings (SSSR count). The molecule has 4 aromatic carbocycles. The van der Waals surface area contributed by atoms with Crippen molar-refractivity contribution in [2.24, 2.45) is 0 Å². The van der Waals surface area contributed by atoms with Gasteiger partial charge >= 0.3 is 50.1 Å². The minimum absolute atomic E-state index is 0. The summed E-state index contributed by atoms with van der Waals surface area (Å²) in [7, 11) is -8.29. The standard InChI is InChI=1S/2C17H13F3N3O2S.Ca/c2*1-11-2-4-12(5-3-11)15-10-16(17(18,19)20)22-23(15)13-6-8-14(9-7-13)26(21,24)25;/h2*2-10H,1H3,(H-,21,24,25);/q2*-1;+2. The topological polar surface area (TPSA) is 152 Å². The van der Waals surface area contributed by atoms with Crippen molar-refractivity contribution < 1.29 is 43.2 Å². The summed E-state index contributed by atoms with van der Waals surface area (Å²) in [5, 5.41) is 21.3. The van der Waals surface area contributed by atoms with Crippen molar-refractivity contribution in [3.63, 3.8) is 0 Å². The molecule has 0 saturated heterocycles. The maximum atomic E-state index is 13.1. The Labute approximate surface area is 330 Å². The number of rotatable bonds is 6. The zero-order valence-corrected chi connectivity index (χ0v) is 31.4. The van der Waals surface area contributed by atoms with E-state index in [2.05, 4.69) is 10.2 Å². The molecule has 0 aliphatic rings. The molecule has 0 radical (unpaired) electrons. The largest absolute Gasteiger partial charge is 2.00 e. The van der Waals surface area contributed by atoms with Crippen LogP contribution >= 0.6 is 0 Å². The molecule has 2 N–H and O–H groups in total. The van der Waals surface area contributed by atoms with Crippen LogP contribution in [0.2, 0.25) is 0 Å². The van der Waals surface area contributed by atoms with Gasteiger partial charge in [-0.2, -0.15) is 36.5 Å². The second-order valence-corrected chi connectivity index (χ2v) is 14.3. The van der Waals surface area contributed by atoms with Crippen LogP contribution in [0.1, 0.15) is 22.5 Å². The Kier molecular flexibility index (Phi) is 12.4. The summed E-state index contributed by atoms with van der Waals surface area (Å²) >= 11 is 0. The van der Waals surface area contributed by atoms with Crippen molar-refractivity contribution in [2.45, 2.75) is 36.0 Å². The van der Waals surface area contributed by atoms with Crippen LogP contribution in [-0.2, 0) is 32.4 Å². The van der Waals surface area contributed by atoms with Crippen molar-refractivity contribution in [2.75, 3.05) is 0 Å². The van der Waals surface area contributed by atoms with Crippen molar-refractivity contribution in [1.29, 1.82) is 0 Å². The van der Waals surface area contributed by atoms with Crippen LogP contribution < -0.4 is 0 Å². The number of sulfonamides is 2. The van der Waals surface area contributed by atoms with Gasteiger partial charge in [0, 0.05) is 20.9 Å². The fraction of sp³-hybridized carbons (Fsp3) is 0.118. The third-order valence-corrected chi connectivity index (χ3v) is 9.26. The van der Waals surface area contributed by atoms with Gasteiger partial charge in [0.25, 0.3) is 0 Å². The molecule has 0 bridgehead atoms. The first-order chi connectivity index (χ1) is 24.1. The fourth-order valence-corrected chi connectivity index (χ4v) is 5.81. The molecule has 0 amide bonds. The molecule has 0 unspecified atom stereocenters. The van der Waals surface area contributed by atoms with E-state index in [-0.39, 0.29) is 70.3 Å². The van der Waals surface area contributed by atoms with Gasteiger partial charge in [0.2, 0.25) is 0 Å². The van der Waals surface area contributed by atoms with E-state index in [1.165, 1.54) is 24.3 Å². The maximum Gasteiger partial charge on any atom is 2.00 e. The van der Waals surface area contributed by atoms with Crippen molar-refractivity contribution in [1.82, 2.24) is 19.6 Å². The molecular formula is C34H26CaF6N6O4S2. The molecule has 53 heavy (non-hydrogen) atoms. The van der Waals surface area contributed by atoms with Gasteiger partial charge < -0.3 is 10.3 Å². The number of hydrogen-bond acceptors (Lipinski definition) is 6. The summed E-state index contributed by atoms with van der Waals surface area (Å²) in [5.41, 5.74) is 1.84. The Morgan fingerprint density at radius 2 is 0.792 bits per heavy atom. The second kappa shape index (κ2) is 15.7. The van der Waals surface area contributed by atoms with E-state index in [0.29, 0.717) is 11.1 Å². The van der Waals surface area contributed by atoms with Crippen molar-refractivity contribution >= 4 is 57.8 Å². The normalized spacial score (nSPS) is 12.1. The van der Waals surface area contributed by atoms with E-state index in [4.69, 9.17) is 10.3 Å². The summed E-state index contributed by atoms with van der Waals surface area (Å²) in [6, 6.07) is 25.6. The van der Waals surface area contributed by atoms with Crippen LogP contribution in [0.4, 0.5) is 26.3 Å². The van der Waals surface area contributed by atoms with E-state index < -0.39 is 43.8 Å². The number of alkyl halides is 6. The van der Waals surface area contributed by atoms with Crippen LogP contribution in [0.15, 0.2) is 119 Å². The van der Waals surface area contributed by atoms with E-state index in [0.717, 1.165) is 56.9 Å². The van der Waals surface area contributed by atoms with Gasteiger partial charge in [0.05, 0.1) is 42.8 Å². The molecule has 0 aliphatic carbocycles. The van der Waals surface area contributed by atoms with Crippen molar-refractivity contribution in [3.05, 3.63) is 142 Å². The molecule has 0 saturated carbocycles. The summed E-state index contributed by atoms with van der Waals surface area (Å²) in [6.07, 6.45) is -9.23. The monoisotopic (exact) mass is 800 g/mol. The number of aromatic nitrogens is 4. The summed E-state index contributed by atoms with van der Waals surface area (Å²) in [5.74, 6) is 0. The first-order valence-electron chi connectivity index (χ1n) is 14.8. The molecule has 10 nitrogen and oxygen atoms in total. The Morgan fingerprint density at radius 3 is 1.04 bits per heavy atom. The van der Waals surface area contributed by atoms with Gasteiger partial charge in [0.1, 0.15) is 0 Å².